The summed E-state index contributed by atoms with van der Waals surface area (Å²) in [6, 6.07) is 43.8. The van der Waals surface area contributed by atoms with Gasteiger partial charge >= 0.3 is 7.25 Å². The molecule has 2 aliphatic rings. The third-order valence-electron chi connectivity index (χ3n) is 7.30. The van der Waals surface area contributed by atoms with Crippen LogP contribution in [-0.2, 0) is 19.5 Å². The molecule has 2 heterocycles. The van der Waals surface area contributed by atoms with E-state index in [0.717, 1.165) is 0 Å². The van der Waals surface area contributed by atoms with Crippen LogP contribution >= 0.6 is 7.68 Å². The van der Waals surface area contributed by atoms with E-state index in [1.807, 2.05) is 0 Å². The van der Waals surface area contributed by atoms with Gasteiger partial charge in [-0.2, -0.15) is 0 Å². The van der Waals surface area contributed by atoms with Crippen LogP contribution in [0.4, 0.5) is 28.6 Å². The molecule has 1 nitrogen and oxygen atoms in total. The molecular formula is C38H34BF4NPRh-. The van der Waals surface area contributed by atoms with Crippen molar-refractivity contribution in [2.24, 2.45) is 0 Å². The van der Waals surface area contributed by atoms with E-state index in [1.54, 1.807) is 0 Å². The van der Waals surface area contributed by atoms with Crippen molar-refractivity contribution in [2.45, 2.75) is 25.7 Å². The van der Waals surface area contributed by atoms with Crippen molar-refractivity contribution in [1.82, 2.24) is 0 Å². The van der Waals surface area contributed by atoms with Crippen LogP contribution < -0.4 is 4.67 Å². The summed E-state index contributed by atoms with van der Waals surface area (Å²) < 4.78 is 41.6. The number of fused-ring (bicyclic) bond motifs is 2. The maximum absolute atomic E-state index is 9.75. The van der Waals surface area contributed by atoms with Crippen LogP contribution in [0.2, 0.25) is 0 Å². The largest absolute Gasteiger partial charge is 0.673 e. The molecule has 5 aromatic rings. The molecule has 0 amide bonds. The minimum Gasteiger partial charge on any atom is -0.418 e. The number of anilines is 2. The van der Waals surface area contributed by atoms with E-state index in [4.69, 9.17) is 0 Å². The number of hydrogen-bond acceptors (Lipinski definition) is 1. The van der Waals surface area contributed by atoms with Gasteiger partial charge in [0, 0.05) is 30.1 Å². The Hall–Kier alpha value is -3.39. The van der Waals surface area contributed by atoms with Crippen LogP contribution in [-0.4, -0.2) is 7.25 Å². The molecule has 1 aliphatic heterocycles. The number of rotatable bonds is 3. The summed E-state index contributed by atoms with van der Waals surface area (Å²) in [7, 11) is -6.82. The number of halogens is 4. The second kappa shape index (κ2) is 17.5. The predicted molar refractivity (Wildman–Crippen MR) is 185 cm³/mol. The Bertz CT molecular complexity index is 1530. The monoisotopic (exact) mass is 725 g/mol. The first kappa shape index (κ1) is 35.5. The van der Waals surface area contributed by atoms with Gasteiger partial charge < -0.3 is 17.3 Å². The molecule has 0 bridgehead atoms. The molecule has 0 spiro atoms. The standard InChI is InChI=1S/C30H22NP.C8H12.BF4.Rh/c1-3-13-25(14-4-1)29-21-22-30(26-15-5-2-6-16-26)32(29)31-27-17-9-7-11-23(27)19-20-24-12-8-10-18-28(24)31;1-2-4-6-8-7-5-3-1;2-1(3,4)5;/h1-22H;1-2,7-8H,3-6H2;;/q;;-1;. The Balaban J connectivity index is 0.000000289. The van der Waals surface area contributed by atoms with Crippen LogP contribution in [0.25, 0.3) is 33.9 Å². The molecule has 1 fully saturated rings. The van der Waals surface area contributed by atoms with Crippen molar-refractivity contribution in [3.05, 3.63) is 158 Å². The third kappa shape index (κ3) is 9.80. The molecule has 5 radical (unpaired) electrons. The Morgan fingerprint density at radius 1 is 0.457 bits per heavy atom. The summed E-state index contributed by atoms with van der Waals surface area (Å²) in [6.45, 7) is 0. The van der Waals surface area contributed by atoms with Crippen molar-refractivity contribution < 1.29 is 36.7 Å². The van der Waals surface area contributed by atoms with Crippen molar-refractivity contribution in [3.8, 4) is 21.7 Å². The zero-order valence-corrected chi connectivity index (χ0v) is 27.7. The molecular weight excluding hydrogens is 691 g/mol. The summed E-state index contributed by atoms with van der Waals surface area (Å²) in [4.78, 5) is 0. The van der Waals surface area contributed by atoms with Crippen LogP contribution in [0.5, 0.6) is 0 Å². The molecule has 1 saturated carbocycles. The average Bonchev–Trinajstić information content (AvgIpc) is 3.39. The molecule has 8 heteroatoms. The van der Waals surface area contributed by atoms with E-state index in [0.29, 0.717) is 0 Å². The van der Waals surface area contributed by atoms with E-state index in [9.17, 15) is 17.3 Å². The van der Waals surface area contributed by atoms with Crippen molar-refractivity contribution in [3.63, 3.8) is 0 Å². The van der Waals surface area contributed by atoms with Crippen molar-refractivity contribution in [1.29, 1.82) is 0 Å². The third-order valence-corrected chi connectivity index (χ3v) is 9.86. The molecule has 4 aromatic carbocycles. The zero-order valence-electron chi connectivity index (χ0n) is 25.2. The molecule has 0 N–H and O–H groups in total. The Morgan fingerprint density at radius 3 is 1.15 bits per heavy atom. The molecule has 0 unspecified atom stereocenters. The average molecular weight is 725 g/mol. The Morgan fingerprint density at radius 2 is 0.783 bits per heavy atom. The number of benzene rings is 4. The fraction of sp³-hybridized carbons (Fsp3) is 0.105. The van der Waals surface area contributed by atoms with Gasteiger partial charge in [0.2, 0.25) is 0 Å². The molecule has 0 saturated heterocycles. The Kier molecular flexibility index (Phi) is 13.5. The van der Waals surface area contributed by atoms with Gasteiger partial charge in [0.05, 0.1) is 11.4 Å². The van der Waals surface area contributed by atoms with Crippen LogP contribution in [0.3, 0.4) is 0 Å². The fourth-order valence-corrected chi connectivity index (χ4v) is 8.03. The molecule has 0 atom stereocenters. The molecule has 46 heavy (non-hydrogen) atoms. The second-order valence-corrected chi connectivity index (χ2v) is 12.5. The fourth-order valence-electron chi connectivity index (χ4n) is 5.32. The van der Waals surface area contributed by atoms with E-state index < -0.39 is 14.9 Å². The molecule has 1 aliphatic carbocycles. The summed E-state index contributed by atoms with van der Waals surface area (Å²) in [5.74, 6) is 0. The second-order valence-electron chi connectivity index (χ2n) is 10.5. The van der Waals surface area contributed by atoms with Crippen molar-refractivity contribution >= 4 is 38.5 Å². The first-order chi connectivity index (χ1) is 21.9. The van der Waals surface area contributed by atoms with Gasteiger partial charge in [0.15, 0.2) is 0 Å². The summed E-state index contributed by atoms with van der Waals surface area (Å²) in [5, 5.41) is 2.76. The van der Waals surface area contributed by atoms with Gasteiger partial charge in [-0.3, -0.25) is 4.67 Å². The Labute approximate surface area is 284 Å². The first-order valence-electron chi connectivity index (χ1n) is 15.1. The van der Waals surface area contributed by atoms with Gasteiger partial charge in [-0.05, 0) is 106 Å². The quantitative estimate of drug-likeness (QED) is 0.130. The topological polar surface area (TPSA) is 3.24 Å². The van der Waals surface area contributed by atoms with Gasteiger partial charge in [-0.25, -0.2) is 0 Å². The van der Waals surface area contributed by atoms with Gasteiger partial charge in [0.25, 0.3) is 0 Å². The number of para-hydroxylation sites is 2. The van der Waals surface area contributed by atoms with Crippen LogP contribution in [0.15, 0.2) is 121 Å². The molecule has 1 aromatic heterocycles. The maximum atomic E-state index is 9.75. The zero-order chi connectivity index (χ0) is 31.5. The maximum Gasteiger partial charge on any atom is 0.673 e. The SMILES string of the molecule is C1=Cc2ccccc2N(p2c(-c3ccccc3)ccc2-c2ccccc2)c2ccccc21.F[B-](F)(F)F.[CH]1[CH]CC[CH][CH]CC1.[Rh]. The van der Waals surface area contributed by atoms with E-state index >= 15 is 0 Å². The van der Waals surface area contributed by atoms with E-state index in [1.165, 1.54) is 69.9 Å². The molecule has 237 valence electrons. The van der Waals surface area contributed by atoms with Crippen LogP contribution in [0.1, 0.15) is 36.8 Å². The van der Waals surface area contributed by atoms with E-state index in [-0.39, 0.29) is 19.5 Å². The normalized spacial score (nSPS) is 14.0. The smallest absolute Gasteiger partial charge is 0.418 e. The minimum atomic E-state index is -6.00. The minimum absolute atomic E-state index is 0. The first-order valence-corrected chi connectivity index (χ1v) is 16.4. The van der Waals surface area contributed by atoms with E-state index in [2.05, 4.69) is 164 Å². The van der Waals surface area contributed by atoms with Gasteiger partial charge in [0.1, 0.15) is 0 Å². The predicted octanol–water partition coefficient (Wildman–Crippen LogP) is 12.8. The summed E-state index contributed by atoms with van der Waals surface area (Å²) in [5.41, 5.74) is 7.58. The molecule has 7 rings (SSSR count). The van der Waals surface area contributed by atoms with Gasteiger partial charge in [-0.15, -0.1) is 0 Å². The van der Waals surface area contributed by atoms with Crippen molar-refractivity contribution in [2.75, 3.05) is 4.67 Å². The number of hydrogen-bond donors (Lipinski definition) is 0. The number of nitrogens with zero attached hydrogens (tertiary/aromatic N) is 1. The van der Waals surface area contributed by atoms with Gasteiger partial charge in [-0.1, -0.05) is 109 Å². The summed E-state index contributed by atoms with van der Waals surface area (Å²) >= 11 is 0. The van der Waals surface area contributed by atoms with Crippen LogP contribution in [0, 0.1) is 25.7 Å². The summed E-state index contributed by atoms with van der Waals surface area (Å²) in [6.07, 6.45) is 18.5.